The van der Waals surface area contributed by atoms with E-state index in [-0.39, 0.29) is 0 Å². The molecule has 0 aliphatic heterocycles. The lowest BCUT2D eigenvalue weighted by atomic mass is 9.46. The second-order valence-corrected chi connectivity index (χ2v) is 8.50. The summed E-state index contributed by atoms with van der Waals surface area (Å²) in [7, 11) is 0. The molecule has 4 aliphatic carbocycles. The van der Waals surface area contributed by atoms with E-state index in [1.54, 1.807) is 51.4 Å². The molecule has 0 saturated heterocycles. The zero-order valence-corrected chi connectivity index (χ0v) is 12.3. The van der Waals surface area contributed by atoms with Crippen molar-refractivity contribution in [3.05, 3.63) is 0 Å². The topological polar surface area (TPSA) is 0 Å². The van der Waals surface area contributed by atoms with Crippen LogP contribution in [-0.4, -0.2) is 0 Å². The molecule has 0 radical (unpaired) electrons. The lowest BCUT2D eigenvalue weighted by molar-refractivity contribution is -0.0961. The van der Waals surface area contributed by atoms with Crippen molar-refractivity contribution in [3.8, 4) is 0 Å². The molecular weight excluding hydrogens is 216 g/mol. The fourth-order valence-electron chi connectivity index (χ4n) is 7.01. The fraction of sp³-hybridized carbons (Fsp3) is 1.00. The molecule has 0 aromatic carbocycles. The van der Waals surface area contributed by atoms with Crippen molar-refractivity contribution in [3.63, 3.8) is 0 Å². The van der Waals surface area contributed by atoms with Gasteiger partial charge in [-0.1, -0.05) is 13.8 Å². The summed E-state index contributed by atoms with van der Waals surface area (Å²) in [6, 6.07) is 0. The summed E-state index contributed by atoms with van der Waals surface area (Å²) in [5.74, 6) is 8.95. The van der Waals surface area contributed by atoms with E-state index in [0.717, 1.165) is 35.5 Å². The van der Waals surface area contributed by atoms with Crippen LogP contribution >= 0.6 is 0 Å². The smallest absolute Gasteiger partial charge is 0.0324 e. The molecule has 4 unspecified atom stereocenters. The van der Waals surface area contributed by atoms with Crippen LogP contribution in [-0.2, 0) is 0 Å². The van der Waals surface area contributed by atoms with Gasteiger partial charge in [0.05, 0.1) is 0 Å². The summed E-state index contributed by atoms with van der Waals surface area (Å²) < 4.78 is 0. The average Bonchev–Trinajstić information content (AvgIpc) is 2.34. The molecule has 0 aromatic heterocycles. The quantitative estimate of drug-likeness (QED) is 0.556. The predicted molar refractivity (Wildman–Crippen MR) is 76.2 cm³/mol. The van der Waals surface area contributed by atoms with E-state index >= 15 is 0 Å². The van der Waals surface area contributed by atoms with Crippen LogP contribution in [0.15, 0.2) is 0 Å². The van der Waals surface area contributed by atoms with E-state index in [1.807, 2.05) is 0 Å². The van der Waals surface area contributed by atoms with E-state index < -0.39 is 0 Å². The highest BCUT2D eigenvalue weighted by atomic mass is 14.6. The molecule has 0 amide bonds. The Hall–Kier alpha value is 0. The van der Waals surface area contributed by atoms with E-state index in [1.165, 1.54) is 11.8 Å². The number of hydrogen-bond donors (Lipinski definition) is 0. The maximum atomic E-state index is 2.53. The summed E-state index contributed by atoms with van der Waals surface area (Å²) in [6.07, 6.45) is 12.7. The maximum absolute atomic E-state index is 2.53. The van der Waals surface area contributed by atoms with Crippen molar-refractivity contribution in [1.29, 1.82) is 0 Å². The average molecular weight is 246 g/mol. The maximum Gasteiger partial charge on any atom is -0.0324 e. The Morgan fingerprint density at radius 3 is 1.06 bits per heavy atom. The molecule has 0 bridgehead atoms. The molecule has 0 N–H and O–H groups in total. The van der Waals surface area contributed by atoms with Gasteiger partial charge < -0.3 is 0 Å². The minimum absolute atomic E-state index is 1.03. The van der Waals surface area contributed by atoms with Crippen molar-refractivity contribution in [2.45, 2.75) is 65.2 Å². The molecule has 0 heterocycles. The Kier molecular flexibility index (Phi) is 2.79. The van der Waals surface area contributed by atoms with Crippen molar-refractivity contribution < 1.29 is 0 Å². The Bertz CT molecular complexity index is 260. The molecule has 4 saturated carbocycles. The Morgan fingerprint density at radius 1 is 0.500 bits per heavy atom. The first-order chi connectivity index (χ1) is 8.72. The molecule has 18 heavy (non-hydrogen) atoms. The predicted octanol–water partition coefficient (Wildman–Crippen LogP) is 5.13. The molecule has 0 nitrogen and oxygen atoms in total. The summed E-state index contributed by atoms with van der Waals surface area (Å²) in [6.45, 7) is 5.05. The SMILES string of the molecule is CC1CC2CCC3CC(C)CC4CCC(C1)C2C34. The number of rotatable bonds is 0. The third-order valence-corrected chi connectivity index (χ3v) is 7.26. The van der Waals surface area contributed by atoms with Crippen molar-refractivity contribution in [1.82, 2.24) is 0 Å². The van der Waals surface area contributed by atoms with Crippen molar-refractivity contribution >= 4 is 0 Å². The third-order valence-electron chi connectivity index (χ3n) is 7.26. The van der Waals surface area contributed by atoms with Gasteiger partial charge in [-0.3, -0.25) is 0 Å². The molecule has 0 aromatic rings. The molecule has 0 heteroatoms. The van der Waals surface area contributed by atoms with Crippen molar-refractivity contribution in [2.24, 2.45) is 47.3 Å². The lowest BCUT2D eigenvalue weighted by Gasteiger charge is -2.59. The Morgan fingerprint density at radius 2 is 0.778 bits per heavy atom. The summed E-state index contributed by atoms with van der Waals surface area (Å²) in [4.78, 5) is 0. The van der Waals surface area contributed by atoms with Gasteiger partial charge in [-0.05, 0) is 98.7 Å². The lowest BCUT2D eigenvalue weighted by Crippen LogP contribution is -2.51. The minimum atomic E-state index is 1.03. The van der Waals surface area contributed by atoms with Crippen LogP contribution in [0.4, 0.5) is 0 Å². The monoisotopic (exact) mass is 246 g/mol. The normalized spacial score (nSPS) is 59.0. The summed E-state index contributed by atoms with van der Waals surface area (Å²) in [5.41, 5.74) is 0. The Labute approximate surface area is 113 Å². The van der Waals surface area contributed by atoms with Crippen LogP contribution in [0.25, 0.3) is 0 Å². The first-order valence-electron chi connectivity index (χ1n) is 8.72. The first kappa shape index (κ1) is 11.8. The zero-order chi connectivity index (χ0) is 12.3. The van der Waals surface area contributed by atoms with Crippen LogP contribution in [0.2, 0.25) is 0 Å². The van der Waals surface area contributed by atoms with Crippen LogP contribution in [0.5, 0.6) is 0 Å². The molecule has 102 valence electrons. The second kappa shape index (κ2) is 4.25. The molecule has 4 rings (SSSR count). The standard InChI is InChI=1S/C18H30/c1-11-7-13-3-5-15-9-12(2)10-16-6-4-14(8-11)17(13)18(15)16/h11-18H,3-10H2,1-2H3. The van der Waals surface area contributed by atoms with E-state index in [2.05, 4.69) is 13.8 Å². The molecule has 4 aliphatic rings. The fourth-order valence-corrected chi connectivity index (χ4v) is 7.01. The van der Waals surface area contributed by atoms with Crippen LogP contribution < -0.4 is 0 Å². The van der Waals surface area contributed by atoms with Crippen molar-refractivity contribution in [2.75, 3.05) is 0 Å². The molecule has 0 spiro atoms. The van der Waals surface area contributed by atoms with E-state index in [0.29, 0.717) is 0 Å². The zero-order valence-electron chi connectivity index (χ0n) is 12.3. The van der Waals surface area contributed by atoms with Gasteiger partial charge in [0.25, 0.3) is 0 Å². The summed E-state index contributed by atoms with van der Waals surface area (Å²) >= 11 is 0. The highest BCUT2D eigenvalue weighted by molar-refractivity contribution is 5.02. The minimum Gasteiger partial charge on any atom is -0.0625 e. The third kappa shape index (κ3) is 1.70. The highest BCUT2D eigenvalue weighted by Gasteiger charge is 2.52. The van der Waals surface area contributed by atoms with E-state index in [9.17, 15) is 0 Å². The highest BCUT2D eigenvalue weighted by Crippen LogP contribution is 2.61. The second-order valence-electron chi connectivity index (χ2n) is 8.50. The van der Waals surface area contributed by atoms with E-state index in [4.69, 9.17) is 0 Å². The van der Waals surface area contributed by atoms with Gasteiger partial charge in [-0.2, -0.15) is 0 Å². The van der Waals surface area contributed by atoms with Crippen LogP contribution in [0.3, 0.4) is 0 Å². The number of hydrogen-bond acceptors (Lipinski definition) is 0. The first-order valence-corrected chi connectivity index (χ1v) is 8.72. The van der Waals surface area contributed by atoms with Gasteiger partial charge in [-0.15, -0.1) is 0 Å². The van der Waals surface area contributed by atoms with Crippen LogP contribution in [0, 0.1) is 47.3 Å². The molecular formula is C18H30. The van der Waals surface area contributed by atoms with Gasteiger partial charge >= 0.3 is 0 Å². The van der Waals surface area contributed by atoms with Gasteiger partial charge in [0.15, 0.2) is 0 Å². The largest absolute Gasteiger partial charge is 0.0625 e. The van der Waals surface area contributed by atoms with Gasteiger partial charge in [0, 0.05) is 0 Å². The molecule has 4 fully saturated rings. The van der Waals surface area contributed by atoms with Gasteiger partial charge in [-0.25, -0.2) is 0 Å². The Balaban J connectivity index is 1.64. The van der Waals surface area contributed by atoms with Crippen LogP contribution in [0.1, 0.15) is 65.2 Å². The van der Waals surface area contributed by atoms with Gasteiger partial charge in [0.2, 0.25) is 0 Å². The van der Waals surface area contributed by atoms with Gasteiger partial charge in [0.1, 0.15) is 0 Å². The summed E-state index contributed by atoms with van der Waals surface area (Å²) in [5, 5.41) is 0. The molecule has 4 atom stereocenters.